The molecule has 2 saturated heterocycles. The van der Waals surface area contributed by atoms with Crippen LogP contribution >= 0.6 is 0 Å². The second-order valence-electron chi connectivity index (χ2n) is 7.77. The van der Waals surface area contributed by atoms with Crippen molar-refractivity contribution in [3.05, 3.63) is 23.8 Å². The maximum absolute atomic E-state index is 12.6. The number of primary sulfonamides is 1. The smallest absolute Gasteiger partial charge is 0.340 e. The zero-order chi connectivity index (χ0) is 21.7. The van der Waals surface area contributed by atoms with E-state index in [0.717, 1.165) is 25.9 Å². The molecule has 3 rings (SSSR count). The number of hydrogen-bond acceptors (Lipinski definition) is 7. The quantitative estimate of drug-likeness (QED) is 0.671. The molecule has 166 valence electrons. The molecule has 10 heteroatoms. The summed E-state index contributed by atoms with van der Waals surface area (Å²) in [6.45, 7) is 4.68. The van der Waals surface area contributed by atoms with Crippen LogP contribution in [0.4, 0.5) is 5.69 Å². The summed E-state index contributed by atoms with van der Waals surface area (Å²) in [5.41, 5.74) is 0.769. The zero-order valence-corrected chi connectivity index (χ0v) is 18.2. The van der Waals surface area contributed by atoms with Crippen molar-refractivity contribution < 1.29 is 22.7 Å². The van der Waals surface area contributed by atoms with Crippen LogP contribution < -0.4 is 10.0 Å². The first-order valence-electron chi connectivity index (χ1n) is 10.3. The van der Waals surface area contributed by atoms with Crippen LogP contribution in [0.25, 0.3) is 0 Å². The van der Waals surface area contributed by atoms with E-state index in [2.05, 4.69) is 4.90 Å². The summed E-state index contributed by atoms with van der Waals surface area (Å²) in [6.07, 6.45) is 4.53. The number of ether oxygens (including phenoxy) is 1. The van der Waals surface area contributed by atoms with E-state index < -0.39 is 16.0 Å². The Kier molecular flexibility index (Phi) is 7.32. The van der Waals surface area contributed by atoms with Gasteiger partial charge in [0.1, 0.15) is 0 Å². The minimum Gasteiger partial charge on any atom is -0.465 e. The fraction of sp³-hybridized carbons (Fsp3) is 0.600. The molecule has 2 heterocycles. The van der Waals surface area contributed by atoms with Crippen LogP contribution in [0.15, 0.2) is 23.1 Å². The Morgan fingerprint density at radius 3 is 2.20 bits per heavy atom. The van der Waals surface area contributed by atoms with Crippen molar-refractivity contribution in [1.82, 2.24) is 9.80 Å². The average molecular weight is 439 g/mol. The molecule has 2 fully saturated rings. The number of esters is 1. The molecule has 0 unspecified atom stereocenters. The molecule has 1 amide bonds. The number of amides is 1. The Hall–Kier alpha value is -2.17. The molecular weight excluding hydrogens is 408 g/mol. The predicted molar refractivity (Wildman–Crippen MR) is 113 cm³/mol. The van der Waals surface area contributed by atoms with Gasteiger partial charge < -0.3 is 14.5 Å². The number of sulfonamides is 1. The molecule has 30 heavy (non-hydrogen) atoms. The summed E-state index contributed by atoms with van der Waals surface area (Å²) in [5.74, 6) is -0.438. The van der Waals surface area contributed by atoms with Crippen molar-refractivity contribution in [2.24, 2.45) is 5.14 Å². The Morgan fingerprint density at radius 1 is 1.00 bits per heavy atom. The summed E-state index contributed by atoms with van der Waals surface area (Å²) in [4.78, 5) is 30.8. The van der Waals surface area contributed by atoms with Gasteiger partial charge in [0.25, 0.3) is 0 Å². The van der Waals surface area contributed by atoms with Gasteiger partial charge in [-0.05, 0) is 31.0 Å². The number of likely N-dealkylation sites (tertiary alicyclic amines) is 1. The van der Waals surface area contributed by atoms with Crippen LogP contribution in [0.2, 0.25) is 0 Å². The van der Waals surface area contributed by atoms with Crippen LogP contribution in [0.1, 0.15) is 36.0 Å². The third-order valence-electron chi connectivity index (χ3n) is 5.73. The van der Waals surface area contributed by atoms with Crippen LogP contribution in [-0.2, 0) is 19.6 Å². The van der Waals surface area contributed by atoms with Crippen LogP contribution in [0.3, 0.4) is 0 Å². The van der Waals surface area contributed by atoms with Crippen molar-refractivity contribution in [3.8, 4) is 0 Å². The maximum atomic E-state index is 12.6. The monoisotopic (exact) mass is 438 g/mol. The number of carbonyl (C=O) groups is 2. The second-order valence-corrected chi connectivity index (χ2v) is 9.34. The molecule has 2 aliphatic heterocycles. The Labute approximate surface area is 177 Å². The fourth-order valence-corrected chi connectivity index (χ4v) is 4.54. The first-order chi connectivity index (χ1) is 14.3. The summed E-state index contributed by atoms with van der Waals surface area (Å²) in [7, 11) is -2.67. The van der Waals surface area contributed by atoms with E-state index in [1.807, 2.05) is 9.80 Å². The minimum absolute atomic E-state index is 0.131. The number of nitrogens with two attached hydrogens (primary N) is 1. The van der Waals surface area contributed by atoms with Crippen molar-refractivity contribution in [2.45, 2.75) is 30.6 Å². The average Bonchev–Trinajstić information content (AvgIpc) is 3.02. The third kappa shape index (κ3) is 5.50. The zero-order valence-electron chi connectivity index (χ0n) is 17.4. The highest BCUT2D eigenvalue weighted by Gasteiger charge is 2.26. The van der Waals surface area contributed by atoms with Crippen molar-refractivity contribution in [2.75, 3.05) is 57.8 Å². The molecule has 0 aromatic heterocycles. The molecule has 2 aliphatic rings. The lowest BCUT2D eigenvalue weighted by molar-refractivity contribution is -0.132. The van der Waals surface area contributed by atoms with Gasteiger partial charge in [0, 0.05) is 39.3 Å². The summed E-state index contributed by atoms with van der Waals surface area (Å²) in [5, 5.41) is 5.20. The van der Waals surface area contributed by atoms with Gasteiger partial charge in [-0.2, -0.15) is 0 Å². The van der Waals surface area contributed by atoms with Crippen molar-refractivity contribution >= 4 is 27.6 Å². The van der Waals surface area contributed by atoms with Gasteiger partial charge >= 0.3 is 5.97 Å². The number of carbonyl (C=O) groups excluding carboxylic acids is 2. The second kappa shape index (κ2) is 9.76. The molecule has 9 nitrogen and oxygen atoms in total. The van der Waals surface area contributed by atoms with Gasteiger partial charge in [0.2, 0.25) is 15.9 Å². The number of hydrogen-bond donors (Lipinski definition) is 1. The number of methoxy groups -OCH3 is 1. The molecule has 0 saturated carbocycles. The summed E-state index contributed by atoms with van der Waals surface area (Å²) < 4.78 is 28.1. The first-order valence-corrected chi connectivity index (χ1v) is 11.8. The van der Waals surface area contributed by atoms with E-state index in [1.165, 1.54) is 32.1 Å². The minimum atomic E-state index is -3.93. The first kappa shape index (κ1) is 22.5. The van der Waals surface area contributed by atoms with E-state index in [9.17, 15) is 18.0 Å². The molecule has 1 aromatic carbocycles. The van der Waals surface area contributed by atoms with E-state index >= 15 is 0 Å². The summed E-state index contributed by atoms with van der Waals surface area (Å²) in [6, 6.07) is 4.24. The topological polar surface area (TPSA) is 113 Å². The van der Waals surface area contributed by atoms with Crippen LogP contribution in [0, 0.1) is 0 Å². The SMILES string of the molecule is COC(=O)c1cc(S(N)(=O)=O)ccc1N1CCN(CC(=O)N2CCCCCC2)CC1. The summed E-state index contributed by atoms with van der Waals surface area (Å²) >= 11 is 0. The lowest BCUT2D eigenvalue weighted by Crippen LogP contribution is -2.50. The Balaban J connectivity index is 1.65. The van der Waals surface area contributed by atoms with Gasteiger partial charge in [-0.3, -0.25) is 9.69 Å². The van der Waals surface area contributed by atoms with E-state index in [0.29, 0.717) is 38.4 Å². The highest BCUT2D eigenvalue weighted by Crippen LogP contribution is 2.26. The third-order valence-corrected chi connectivity index (χ3v) is 6.64. The molecule has 0 radical (unpaired) electrons. The van der Waals surface area contributed by atoms with E-state index in [4.69, 9.17) is 9.88 Å². The highest BCUT2D eigenvalue weighted by atomic mass is 32.2. The van der Waals surface area contributed by atoms with Gasteiger partial charge in [-0.15, -0.1) is 0 Å². The fourth-order valence-electron chi connectivity index (χ4n) is 4.00. The largest absolute Gasteiger partial charge is 0.465 e. The lowest BCUT2D eigenvalue weighted by atomic mass is 10.1. The molecule has 0 atom stereocenters. The number of nitrogens with zero attached hydrogens (tertiary/aromatic N) is 3. The molecular formula is C20H30N4O5S. The molecule has 2 N–H and O–H groups in total. The molecule has 0 spiro atoms. The standard InChI is InChI=1S/C20H30N4O5S/c1-29-20(26)17-14-16(30(21,27)28)6-7-18(17)23-12-10-22(11-13-23)15-19(25)24-8-4-2-3-5-9-24/h6-7,14H,2-5,8-13,15H2,1H3,(H2,21,27,28). The number of rotatable bonds is 5. The molecule has 0 aliphatic carbocycles. The van der Waals surface area contributed by atoms with Gasteiger partial charge in [-0.25, -0.2) is 18.4 Å². The normalized spacial score (nSPS) is 18.7. The molecule has 0 bridgehead atoms. The highest BCUT2D eigenvalue weighted by molar-refractivity contribution is 7.89. The lowest BCUT2D eigenvalue weighted by Gasteiger charge is -2.37. The van der Waals surface area contributed by atoms with E-state index in [1.54, 1.807) is 6.07 Å². The van der Waals surface area contributed by atoms with Gasteiger partial charge in [-0.1, -0.05) is 12.8 Å². The number of benzene rings is 1. The van der Waals surface area contributed by atoms with Crippen molar-refractivity contribution in [3.63, 3.8) is 0 Å². The molecule has 1 aromatic rings. The van der Waals surface area contributed by atoms with E-state index in [-0.39, 0.29) is 16.4 Å². The number of anilines is 1. The van der Waals surface area contributed by atoms with Gasteiger partial charge in [0.15, 0.2) is 0 Å². The van der Waals surface area contributed by atoms with Crippen LogP contribution in [0.5, 0.6) is 0 Å². The van der Waals surface area contributed by atoms with Crippen molar-refractivity contribution in [1.29, 1.82) is 0 Å². The van der Waals surface area contributed by atoms with Crippen LogP contribution in [-0.4, -0.2) is 83.0 Å². The Bertz CT molecular complexity index is 873. The van der Waals surface area contributed by atoms with Gasteiger partial charge in [0.05, 0.1) is 29.8 Å². The predicted octanol–water partition coefficient (Wildman–Crippen LogP) is 0.645. The maximum Gasteiger partial charge on any atom is 0.340 e. The number of piperazine rings is 1. The Morgan fingerprint density at radius 2 is 1.63 bits per heavy atom.